The Balaban J connectivity index is 0.000000126. The summed E-state index contributed by atoms with van der Waals surface area (Å²) in [5.74, 6) is 0. The zero-order valence-corrected chi connectivity index (χ0v) is 13.9. The highest BCUT2D eigenvalue weighted by Gasteiger charge is 1.98. The van der Waals surface area contributed by atoms with Gasteiger partial charge >= 0.3 is 0 Å². The number of hydrogen-bond acceptors (Lipinski definition) is 4. The van der Waals surface area contributed by atoms with E-state index in [4.69, 9.17) is 0 Å². The van der Waals surface area contributed by atoms with E-state index in [2.05, 4.69) is 41.2 Å². The third kappa shape index (κ3) is 3.28. The van der Waals surface area contributed by atoms with Crippen LogP contribution in [0.25, 0.3) is 20.4 Å². The van der Waals surface area contributed by atoms with Crippen molar-refractivity contribution < 1.29 is 0 Å². The molecule has 0 aliphatic carbocycles. The molecule has 0 N–H and O–H groups in total. The van der Waals surface area contributed by atoms with Gasteiger partial charge < -0.3 is 0 Å². The van der Waals surface area contributed by atoms with Gasteiger partial charge in [-0.05, 0) is 50.6 Å². The normalized spacial score (nSPS) is 10.6. The lowest BCUT2D eigenvalue weighted by Gasteiger charge is -1.88. The van der Waals surface area contributed by atoms with Crippen LogP contribution in [0.5, 0.6) is 0 Å². The molecule has 4 heteroatoms. The lowest BCUT2D eigenvalue weighted by Crippen LogP contribution is -1.71. The Morgan fingerprint density at radius 2 is 1.33 bits per heavy atom. The minimum absolute atomic E-state index is 1.12. The summed E-state index contributed by atoms with van der Waals surface area (Å²) in [5, 5.41) is 2.28. The van der Waals surface area contributed by atoms with Crippen molar-refractivity contribution in [3.05, 3.63) is 58.0 Å². The minimum Gasteiger partial charge on any atom is -0.242 e. The first-order chi connectivity index (χ1) is 10.1. The molecule has 0 saturated heterocycles. The molecule has 0 fully saturated rings. The Kier molecular flexibility index (Phi) is 3.99. The SMILES string of the molecule is Cc1ccc2sc(C)nc2c1.Cc1nc2ccccc2s1. The summed E-state index contributed by atoms with van der Waals surface area (Å²) in [4.78, 5) is 8.72. The molecule has 0 aliphatic heterocycles. The fourth-order valence-corrected chi connectivity index (χ4v) is 3.77. The molecule has 0 atom stereocenters. The van der Waals surface area contributed by atoms with E-state index in [1.807, 2.05) is 32.0 Å². The average Bonchev–Trinajstić information content (AvgIpc) is 2.99. The standard InChI is InChI=1S/C9H9NS.C8H7NS/c1-6-3-4-9-8(5-6)10-7(2)11-9;1-6-9-7-4-2-3-5-8(7)10-6/h3-5H,1-2H3;2-5H,1H3. The zero-order chi connectivity index (χ0) is 14.8. The van der Waals surface area contributed by atoms with Crippen molar-refractivity contribution in [1.29, 1.82) is 0 Å². The molecule has 0 saturated carbocycles. The van der Waals surface area contributed by atoms with Gasteiger partial charge in [0.2, 0.25) is 0 Å². The van der Waals surface area contributed by atoms with Crippen molar-refractivity contribution in [3.63, 3.8) is 0 Å². The first kappa shape index (κ1) is 14.2. The maximum atomic E-state index is 4.39. The number of para-hydroxylation sites is 1. The monoisotopic (exact) mass is 312 g/mol. The number of nitrogens with zero attached hydrogens (tertiary/aromatic N) is 2. The summed E-state index contributed by atoms with van der Waals surface area (Å²) >= 11 is 3.49. The van der Waals surface area contributed by atoms with Crippen molar-refractivity contribution in [2.45, 2.75) is 20.8 Å². The molecule has 106 valence electrons. The van der Waals surface area contributed by atoms with Gasteiger partial charge in [0.15, 0.2) is 0 Å². The van der Waals surface area contributed by atoms with E-state index in [0.717, 1.165) is 21.0 Å². The van der Waals surface area contributed by atoms with E-state index in [1.165, 1.54) is 15.0 Å². The molecule has 21 heavy (non-hydrogen) atoms. The Morgan fingerprint density at radius 1 is 0.714 bits per heavy atom. The van der Waals surface area contributed by atoms with Crippen molar-refractivity contribution in [1.82, 2.24) is 9.97 Å². The lowest BCUT2D eigenvalue weighted by molar-refractivity contribution is 1.34. The number of aryl methyl sites for hydroxylation is 3. The Hall–Kier alpha value is -1.78. The molecule has 0 bridgehead atoms. The Bertz CT molecular complexity index is 857. The summed E-state index contributed by atoms with van der Waals surface area (Å²) in [6.07, 6.45) is 0. The van der Waals surface area contributed by atoms with Crippen LogP contribution < -0.4 is 0 Å². The zero-order valence-electron chi connectivity index (χ0n) is 12.3. The lowest BCUT2D eigenvalue weighted by atomic mass is 10.2. The van der Waals surface area contributed by atoms with Gasteiger partial charge in [-0.1, -0.05) is 18.2 Å². The summed E-state index contributed by atoms with van der Waals surface area (Å²) < 4.78 is 2.56. The summed E-state index contributed by atoms with van der Waals surface area (Å²) in [5.41, 5.74) is 3.53. The van der Waals surface area contributed by atoms with Crippen molar-refractivity contribution >= 4 is 43.1 Å². The van der Waals surface area contributed by atoms with E-state index >= 15 is 0 Å². The van der Waals surface area contributed by atoms with Crippen LogP contribution in [0.15, 0.2) is 42.5 Å². The molecule has 2 nitrogen and oxygen atoms in total. The second-order valence-electron chi connectivity index (χ2n) is 4.90. The van der Waals surface area contributed by atoms with Crippen LogP contribution in [-0.4, -0.2) is 9.97 Å². The van der Waals surface area contributed by atoms with Crippen LogP contribution in [0.3, 0.4) is 0 Å². The molecule has 2 aromatic heterocycles. The Labute approximate surface area is 132 Å². The largest absolute Gasteiger partial charge is 0.242 e. The topological polar surface area (TPSA) is 25.8 Å². The highest BCUT2D eigenvalue weighted by Crippen LogP contribution is 2.22. The summed E-state index contributed by atoms with van der Waals surface area (Å²) in [6, 6.07) is 14.6. The smallest absolute Gasteiger partial charge is 0.0907 e. The second kappa shape index (κ2) is 5.92. The van der Waals surface area contributed by atoms with Gasteiger partial charge in [-0.3, -0.25) is 0 Å². The van der Waals surface area contributed by atoms with E-state index in [0.29, 0.717) is 0 Å². The fourth-order valence-electron chi connectivity index (χ4n) is 2.14. The predicted octanol–water partition coefficient (Wildman–Crippen LogP) is 5.52. The number of rotatable bonds is 0. The molecule has 0 amide bonds. The highest BCUT2D eigenvalue weighted by molar-refractivity contribution is 7.18. The maximum absolute atomic E-state index is 4.39. The van der Waals surface area contributed by atoms with Gasteiger partial charge in [0.25, 0.3) is 0 Å². The number of aromatic nitrogens is 2. The number of thiazole rings is 2. The van der Waals surface area contributed by atoms with Crippen molar-refractivity contribution in [2.24, 2.45) is 0 Å². The van der Waals surface area contributed by atoms with Gasteiger partial charge in [-0.2, -0.15) is 0 Å². The van der Waals surface area contributed by atoms with Gasteiger partial charge in [-0.15, -0.1) is 22.7 Å². The van der Waals surface area contributed by atoms with Gasteiger partial charge in [0.1, 0.15) is 0 Å². The van der Waals surface area contributed by atoms with Crippen LogP contribution >= 0.6 is 22.7 Å². The number of hydrogen-bond donors (Lipinski definition) is 0. The number of fused-ring (bicyclic) bond motifs is 2. The molecule has 0 spiro atoms. The predicted molar refractivity (Wildman–Crippen MR) is 93.5 cm³/mol. The molecule has 4 aromatic rings. The first-order valence-electron chi connectivity index (χ1n) is 6.78. The Morgan fingerprint density at radius 3 is 2.05 bits per heavy atom. The van der Waals surface area contributed by atoms with Crippen LogP contribution in [0.1, 0.15) is 15.6 Å². The minimum atomic E-state index is 1.12. The maximum Gasteiger partial charge on any atom is 0.0907 e. The van der Waals surface area contributed by atoms with Crippen LogP contribution in [-0.2, 0) is 0 Å². The number of benzene rings is 2. The molecular formula is C17H16N2S2. The summed E-state index contributed by atoms with van der Waals surface area (Å²) in [6.45, 7) is 6.17. The van der Waals surface area contributed by atoms with Gasteiger partial charge in [0.05, 0.1) is 30.4 Å². The van der Waals surface area contributed by atoms with Gasteiger partial charge in [-0.25, -0.2) is 9.97 Å². The van der Waals surface area contributed by atoms with Gasteiger partial charge in [0, 0.05) is 0 Å². The van der Waals surface area contributed by atoms with E-state index < -0.39 is 0 Å². The van der Waals surface area contributed by atoms with E-state index in [9.17, 15) is 0 Å². The van der Waals surface area contributed by atoms with Crippen LogP contribution in [0.4, 0.5) is 0 Å². The van der Waals surface area contributed by atoms with Crippen LogP contribution in [0.2, 0.25) is 0 Å². The fraction of sp³-hybridized carbons (Fsp3) is 0.176. The second-order valence-corrected chi connectivity index (χ2v) is 7.37. The molecule has 2 heterocycles. The average molecular weight is 312 g/mol. The highest BCUT2D eigenvalue weighted by atomic mass is 32.1. The molecule has 2 aromatic carbocycles. The van der Waals surface area contributed by atoms with E-state index in [-0.39, 0.29) is 0 Å². The third-order valence-corrected chi connectivity index (χ3v) is 4.95. The first-order valence-corrected chi connectivity index (χ1v) is 8.41. The molecular weight excluding hydrogens is 296 g/mol. The van der Waals surface area contributed by atoms with Crippen molar-refractivity contribution in [3.8, 4) is 0 Å². The molecule has 0 unspecified atom stereocenters. The van der Waals surface area contributed by atoms with Crippen molar-refractivity contribution in [2.75, 3.05) is 0 Å². The summed E-state index contributed by atoms with van der Waals surface area (Å²) in [7, 11) is 0. The molecule has 4 rings (SSSR count). The van der Waals surface area contributed by atoms with E-state index in [1.54, 1.807) is 22.7 Å². The third-order valence-electron chi connectivity index (χ3n) is 3.05. The van der Waals surface area contributed by atoms with Crippen LogP contribution in [0, 0.1) is 20.8 Å². The molecule has 0 radical (unpaired) electrons. The molecule has 0 aliphatic rings. The quantitative estimate of drug-likeness (QED) is 0.427.